The van der Waals surface area contributed by atoms with Crippen LogP contribution in [0.2, 0.25) is 0 Å². The highest BCUT2D eigenvalue weighted by Crippen LogP contribution is 2.43. The van der Waals surface area contributed by atoms with E-state index in [1.54, 1.807) is 0 Å². The van der Waals surface area contributed by atoms with Crippen molar-refractivity contribution < 1.29 is 48.2 Å². The van der Waals surface area contributed by atoms with Crippen molar-refractivity contribution >= 4 is 23.6 Å². The molecule has 0 aromatic heterocycles. The van der Waals surface area contributed by atoms with E-state index in [9.17, 15) is 19.8 Å². The smallest absolute Gasteiger partial charge is 0.217 e. The number of thioether (sulfide) groups is 1. The Hall–Kier alpha value is -4.93. The first-order valence-corrected chi connectivity index (χ1v) is 21.3. The molecule has 2 amide bonds. The summed E-state index contributed by atoms with van der Waals surface area (Å²) in [6.07, 6.45) is -8.77. The topological polar surface area (TPSA) is 154 Å². The zero-order chi connectivity index (χ0) is 42.3. The van der Waals surface area contributed by atoms with Crippen molar-refractivity contribution in [2.45, 2.75) is 91.1 Å². The van der Waals surface area contributed by atoms with Gasteiger partial charge in [0.25, 0.3) is 0 Å². The van der Waals surface area contributed by atoms with Crippen molar-refractivity contribution in [2.24, 2.45) is 0 Å². The summed E-state index contributed by atoms with van der Waals surface area (Å²) in [5, 5.41) is 30.1. The standard InChI is InChI=1S/C48H50N2O10S/c1-30(51)49-39-41(53)43-37(28-55-45(59-43)32-18-8-3-9-19-32)57-46(39)60-44-38(58-47(40(42(44)54)50-31(2)52)61-36-26-16-7-17-27-36)29-56-48(33-20-10-4-11-21-33,34-22-12-5-13-23-34)35-24-14-6-15-25-35/h3-27,37-47,53-54H,28-29H2,1-2H3,(H,49,51)(H,50,52)/t37-,38-,39-,40-,41+,42+,43-,44-,45-,46+,47+/m1/s1. The van der Waals surface area contributed by atoms with Crippen LogP contribution in [0.15, 0.2) is 157 Å². The molecule has 61 heavy (non-hydrogen) atoms. The molecule has 0 saturated carbocycles. The summed E-state index contributed by atoms with van der Waals surface area (Å²) in [4.78, 5) is 26.4. The maximum Gasteiger partial charge on any atom is 0.217 e. The Kier molecular flexibility index (Phi) is 13.6. The summed E-state index contributed by atoms with van der Waals surface area (Å²) in [5.41, 5.74) is 1.36. The van der Waals surface area contributed by atoms with Crippen LogP contribution in [0.5, 0.6) is 0 Å². The van der Waals surface area contributed by atoms with Gasteiger partial charge in [-0.05, 0) is 28.8 Å². The average molecular weight is 847 g/mol. The van der Waals surface area contributed by atoms with Gasteiger partial charge in [-0.3, -0.25) is 9.59 Å². The number of carbonyl (C=O) groups is 2. The largest absolute Gasteiger partial charge is 0.388 e. The summed E-state index contributed by atoms with van der Waals surface area (Å²) in [7, 11) is 0. The molecule has 3 aliphatic heterocycles. The molecule has 3 aliphatic rings. The molecule has 3 heterocycles. The van der Waals surface area contributed by atoms with Gasteiger partial charge in [0.1, 0.15) is 53.7 Å². The van der Waals surface area contributed by atoms with E-state index < -0.39 is 78.2 Å². The Morgan fingerprint density at radius 3 is 1.72 bits per heavy atom. The zero-order valence-electron chi connectivity index (χ0n) is 33.8. The minimum Gasteiger partial charge on any atom is -0.388 e. The fraction of sp³-hybridized carbons (Fsp3) is 0.333. The molecule has 0 bridgehead atoms. The van der Waals surface area contributed by atoms with Gasteiger partial charge in [0, 0.05) is 24.3 Å². The number of rotatable bonds is 13. The fourth-order valence-corrected chi connectivity index (χ4v) is 9.51. The van der Waals surface area contributed by atoms with Crippen LogP contribution in [0.3, 0.4) is 0 Å². The predicted molar refractivity (Wildman–Crippen MR) is 227 cm³/mol. The third-order valence-electron chi connectivity index (χ3n) is 11.1. The number of aliphatic hydroxyl groups excluding tert-OH is 2. The first-order valence-electron chi connectivity index (χ1n) is 20.4. The quantitative estimate of drug-likeness (QED) is 0.112. The minimum atomic E-state index is -1.40. The molecule has 3 saturated heterocycles. The second-order valence-corrected chi connectivity index (χ2v) is 16.5. The number of fused-ring (bicyclic) bond motifs is 1. The van der Waals surface area contributed by atoms with E-state index >= 15 is 0 Å². The molecule has 0 spiro atoms. The number of aliphatic hydroxyl groups is 2. The number of ether oxygens (including phenoxy) is 6. The van der Waals surface area contributed by atoms with E-state index in [1.165, 1.54) is 25.6 Å². The van der Waals surface area contributed by atoms with Crippen LogP contribution < -0.4 is 10.6 Å². The molecule has 4 N–H and O–H groups in total. The van der Waals surface area contributed by atoms with Gasteiger partial charge >= 0.3 is 0 Å². The summed E-state index contributed by atoms with van der Waals surface area (Å²) >= 11 is 1.35. The molecule has 11 atom stereocenters. The van der Waals surface area contributed by atoms with E-state index in [-0.39, 0.29) is 19.1 Å². The maximum absolute atomic E-state index is 12.8. The Morgan fingerprint density at radius 2 is 1.18 bits per heavy atom. The lowest BCUT2D eigenvalue weighted by molar-refractivity contribution is -0.359. The van der Waals surface area contributed by atoms with Crippen molar-refractivity contribution in [3.63, 3.8) is 0 Å². The van der Waals surface area contributed by atoms with Crippen LogP contribution in [0.25, 0.3) is 0 Å². The Balaban J connectivity index is 1.16. The summed E-state index contributed by atoms with van der Waals surface area (Å²) in [5.74, 6) is -0.829. The molecule has 3 fully saturated rings. The van der Waals surface area contributed by atoms with Crippen molar-refractivity contribution in [3.05, 3.63) is 174 Å². The summed E-state index contributed by atoms with van der Waals surface area (Å²) < 4.78 is 39.8. The van der Waals surface area contributed by atoms with Gasteiger partial charge in [-0.2, -0.15) is 0 Å². The lowest BCUT2D eigenvalue weighted by Crippen LogP contribution is -2.69. The lowest BCUT2D eigenvalue weighted by atomic mass is 9.80. The van der Waals surface area contributed by atoms with Gasteiger partial charge in [-0.25, -0.2) is 0 Å². The molecule has 13 heteroatoms. The highest BCUT2D eigenvalue weighted by atomic mass is 32.2. The predicted octanol–water partition coefficient (Wildman–Crippen LogP) is 5.47. The molecule has 318 valence electrons. The monoisotopic (exact) mass is 846 g/mol. The lowest BCUT2D eigenvalue weighted by Gasteiger charge is -2.51. The van der Waals surface area contributed by atoms with Crippen LogP contribution >= 0.6 is 11.8 Å². The molecule has 12 nitrogen and oxygen atoms in total. The first kappa shape index (κ1) is 42.7. The first-order chi connectivity index (χ1) is 29.7. The van der Waals surface area contributed by atoms with Crippen molar-refractivity contribution in [1.29, 1.82) is 0 Å². The van der Waals surface area contributed by atoms with Crippen LogP contribution in [0, 0.1) is 0 Å². The molecule has 0 unspecified atom stereocenters. The van der Waals surface area contributed by atoms with E-state index in [2.05, 4.69) is 10.6 Å². The molecule has 0 aliphatic carbocycles. The third kappa shape index (κ3) is 9.46. The Labute approximate surface area is 359 Å². The number of benzene rings is 5. The minimum absolute atomic E-state index is 0.0439. The average Bonchev–Trinajstić information content (AvgIpc) is 3.29. The van der Waals surface area contributed by atoms with Crippen LogP contribution in [-0.2, 0) is 43.6 Å². The van der Waals surface area contributed by atoms with Gasteiger partial charge in [-0.15, -0.1) is 0 Å². The van der Waals surface area contributed by atoms with Gasteiger partial charge in [0.15, 0.2) is 12.6 Å². The number of nitrogens with one attached hydrogen (secondary N) is 2. The van der Waals surface area contributed by atoms with Crippen molar-refractivity contribution in [3.8, 4) is 0 Å². The molecule has 0 radical (unpaired) electrons. The summed E-state index contributed by atoms with van der Waals surface area (Å²) in [6, 6.07) is 46.4. The number of carbonyl (C=O) groups excluding carboxylic acids is 2. The van der Waals surface area contributed by atoms with Crippen molar-refractivity contribution in [2.75, 3.05) is 13.2 Å². The van der Waals surface area contributed by atoms with Crippen LogP contribution in [0.4, 0.5) is 0 Å². The van der Waals surface area contributed by atoms with Gasteiger partial charge in [-0.1, -0.05) is 151 Å². The second kappa shape index (κ2) is 19.4. The van der Waals surface area contributed by atoms with Gasteiger partial charge < -0.3 is 49.3 Å². The van der Waals surface area contributed by atoms with Crippen molar-refractivity contribution in [1.82, 2.24) is 10.6 Å². The second-order valence-electron chi connectivity index (χ2n) is 15.3. The van der Waals surface area contributed by atoms with E-state index in [1.807, 2.05) is 152 Å². The number of amides is 2. The summed E-state index contributed by atoms with van der Waals surface area (Å²) in [6.45, 7) is 2.62. The fourth-order valence-electron chi connectivity index (χ4n) is 8.35. The molecule has 5 aromatic rings. The normalized spacial score (nSPS) is 28.9. The van der Waals surface area contributed by atoms with E-state index in [0.29, 0.717) is 0 Å². The number of hydrogen-bond acceptors (Lipinski definition) is 11. The molecular formula is C48H50N2O10S. The van der Waals surface area contributed by atoms with E-state index in [4.69, 9.17) is 28.4 Å². The number of hydrogen-bond donors (Lipinski definition) is 4. The Morgan fingerprint density at radius 1 is 0.672 bits per heavy atom. The highest BCUT2D eigenvalue weighted by Gasteiger charge is 2.54. The van der Waals surface area contributed by atoms with Gasteiger partial charge in [0.05, 0.1) is 19.3 Å². The molecular weight excluding hydrogens is 797 g/mol. The third-order valence-corrected chi connectivity index (χ3v) is 12.3. The van der Waals surface area contributed by atoms with Crippen LogP contribution in [0.1, 0.15) is 42.4 Å². The molecule has 8 rings (SSSR count). The van der Waals surface area contributed by atoms with E-state index in [0.717, 1.165) is 27.1 Å². The Bertz CT molecular complexity index is 2080. The zero-order valence-corrected chi connectivity index (χ0v) is 34.6. The maximum atomic E-state index is 12.8. The molecule has 5 aromatic carbocycles. The SMILES string of the molecule is CC(=O)N[C@@H]1[C@H](O)[C@H](O[C@@H]2O[C@@H]3CO[C@@H](c4ccccc4)O[C@H]3[C@@H](O)[C@H]2NC(C)=O)[C@@H](COC(c2ccccc2)(c2ccccc2)c2ccccc2)O[C@H]1Sc1ccccc1. The van der Waals surface area contributed by atoms with Crippen LogP contribution in [-0.4, -0.2) is 95.7 Å². The van der Waals surface area contributed by atoms with Gasteiger partial charge in [0.2, 0.25) is 11.8 Å². The highest BCUT2D eigenvalue weighted by molar-refractivity contribution is 7.99.